The molecular formula is C43H85N9. The Morgan fingerprint density at radius 1 is 0.673 bits per heavy atom. The minimum Gasteiger partial charge on any atom is -0.349 e. The van der Waals surface area contributed by atoms with Gasteiger partial charge < -0.3 is 26.2 Å². The zero-order chi connectivity index (χ0) is 39.4. The van der Waals surface area contributed by atoms with E-state index in [0.29, 0.717) is 18.0 Å². The van der Waals surface area contributed by atoms with Crippen LogP contribution in [-0.2, 0) is 0 Å². The number of aromatic nitrogens is 3. The summed E-state index contributed by atoms with van der Waals surface area (Å²) in [6, 6.07) is 0.929. The van der Waals surface area contributed by atoms with E-state index in [1.807, 2.05) is 6.92 Å². The van der Waals surface area contributed by atoms with Gasteiger partial charge in [0, 0.05) is 52.9 Å². The van der Waals surface area contributed by atoms with Gasteiger partial charge in [0.05, 0.1) is 5.66 Å². The molecule has 0 spiro atoms. The smallest absolute Gasteiger partial charge is 0.230 e. The van der Waals surface area contributed by atoms with Crippen LogP contribution in [0.15, 0.2) is 0 Å². The molecule has 0 amide bonds. The second-order valence-electron chi connectivity index (χ2n) is 21.5. The first kappa shape index (κ1) is 44.8. The third-order valence-corrected chi connectivity index (χ3v) is 11.5. The summed E-state index contributed by atoms with van der Waals surface area (Å²) in [5.41, 5.74) is 0.439. The maximum absolute atomic E-state index is 5.12. The van der Waals surface area contributed by atoms with E-state index in [9.17, 15) is 0 Å². The first-order valence-electron chi connectivity index (χ1n) is 21.0. The van der Waals surface area contributed by atoms with Crippen LogP contribution in [0.2, 0.25) is 0 Å². The Bertz CT molecular complexity index is 1230. The highest BCUT2D eigenvalue weighted by atomic mass is 15.3. The molecule has 2 aliphatic rings. The Kier molecular flexibility index (Phi) is 14.7. The molecule has 2 aliphatic heterocycles. The van der Waals surface area contributed by atoms with Crippen LogP contribution in [0, 0.1) is 12.3 Å². The second-order valence-corrected chi connectivity index (χ2v) is 21.5. The van der Waals surface area contributed by atoms with Crippen LogP contribution in [-0.4, -0.2) is 85.4 Å². The summed E-state index contributed by atoms with van der Waals surface area (Å²) in [5.74, 6) is 2.30. The number of rotatable bonds is 18. The Hall–Kier alpha value is -1.55. The monoisotopic (exact) mass is 728 g/mol. The van der Waals surface area contributed by atoms with Crippen molar-refractivity contribution in [3.63, 3.8) is 0 Å². The van der Waals surface area contributed by atoms with Crippen LogP contribution in [0.3, 0.4) is 0 Å². The Labute approximate surface area is 321 Å². The molecule has 1 unspecified atom stereocenters. The van der Waals surface area contributed by atoms with E-state index >= 15 is 0 Å². The summed E-state index contributed by atoms with van der Waals surface area (Å²) in [6.07, 6.45) is 14.1. The van der Waals surface area contributed by atoms with Gasteiger partial charge in [-0.2, -0.15) is 15.0 Å². The van der Waals surface area contributed by atoms with Gasteiger partial charge in [0.15, 0.2) is 0 Å². The van der Waals surface area contributed by atoms with Crippen molar-refractivity contribution < 1.29 is 0 Å². The summed E-state index contributed by atoms with van der Waals surface area (Å²) < 4.78 is 0. The van der Waals surface area contributed by atoms with E-state index in [1.54, 1.807) is 0 Å². The van der Waals surface area contributed by atoms with Crippen molar-refractivity contribution in [2.75, 3.05) is 30.4 Å². The standard InChI is InChI=1S/C43H85N9/c1-18-43(16,44-17)52(34-29-40(10,11)50-41(12,13)30-34)26-24-22-20-19-21-23-25-51(33-27-38(6,7)49-39(8,9)28-33)36-46-32(2)45-35(47-36)48-42(14,15)31-37(3,4)5/h33-34,44,49-50H,18-31H2,1-17H3,(H,45,46,47,48). The van der Waals surface area contributed by atoms with Crippen LogP contribution in [0.1, 0.15) is 187 Å². The predicted octanol–water partition coefficient (Wildman–Crippen LogP) is 9.22. The van der Waals surface area contributed by atoms with Gasteiger partial charge in [0.2, 0.25) is 11.9 Å². The number of anilines is 2. The molecule has 2 saturated heterocycles. The molecule has 302 valence electrons. The molecule has 3 heterocycles. The van der Waals surface area contributed by atoms with E-state index in [0.717, 1.165) is 57.0 Å². The number of hydrogen-bond acceptors (Lipinski definition) is 9. The Balaban J connectivity index is 1.66. The van der Waals surface area contributed by atoms with Gasteiger partial charge in [0.1, 0.15) is 5.82 Å². The van der Waals surface area contributed by atoms with Crippen molar-refractivity contribution in [1.82, 2.24) is 35.8 Å². The lowest BCUT2D eigenvalue weighted by Crippen LogP contribution is -2.67. The summed E-state index contributed by atoms with van der Waals surface area (Å²) >= 11 is 0. The van der Waals surface area contributed by atoms with E-state index in [-0.39, 0.29) is 38.8 Å². The fourth-order valence-electron chi connectivity index (χ4n) is 10.4. The van der Waals surface area contributed by atoms with Crippen LogP contribution in [0.4, 0.5) is 11.9 Å². The molecule has 3 rings (SSSR count). The minimum absolute atomic E-state index is 0.0144. The number of piperidine rings is 2. The molecule has 9 nitrogen and oxygen atoms in total. The van der Waals surface area contributed by atoms with Crippen molar-refractivity contribution in [3.05, 3.63) is 5.82 Å². The largest absolute Gasteiger partial charge is 0.349 e. The molecular weight excluding hydrogens is 643 g/mol. The van der Waals surface area contributed by atoms with Crippen LogP contribution < -0.4 is 26.2 Å². The second kappa shape index (κ2) is 17.1. The predicted molar refractivity (Wildman–Crippen MR) is 224 cm³/mol. The summed E-state index contributed by atoms with van der Waals surface area (Å²) in [5, 5.41) is 15.2. The van der Waals surface area contributed by atoms with Gasteiger partial charge >= 0.3 is 0 Å². The highest BCUT2D eigenvalue weighted by molar-refractivity contribution is 5.40. The third-order valence-electron chi connectivity index (χ3n) is 11.5. The molecule has 9 heteroatoms. The van der Waals surface area contributed by atoms with Gasteiger partial charge in [-0.05, 0) is 147 Å². The van der Waals surface area contributed by atoms with Crippen molar-refractivity contribution in [2.24, 2.45) is 5.41 Å². The molecule has 1 aromatic heterocycles. The maximum Gasteiger partial charge on any atom is 0.230 e. The average molecular weight is 728 g/mol. The number of nitrogens with zero attached hydrogens (tertiary/aromatic N) is 5. The lowest BCUT2D eigenvalue weighted by atomic mass is 9.78. The summed E-state index contributed by atoms with van der Waals surface area (Å²) in [4.78, 5) is 20.2. The molecule has 0 aliphatic carbocycles. The quantitative estimate of drug-likeness (QED) is 0.0873. The van der Waals surface area contributed by atoms with Gasteiger partial charge in [0.25, 0.3) is 0 Å². The summed E-state index contributed by atoms with van der Waals surface area (Å²) in [6.45, 7) is 39.1. The number of unbranched alkanes of at least 4 members (excludes halogenated alkanes) is 5. The fraction of sp³-hybridized carbons (Fsp3) is 0.930. The fourth-order valence-corrected chi connectivity index (χ4v) is 10.4. The molecule has 0 bridgehead atoms. The zero-order valence-electron chi connectivity index (χ0n) is 37.3. The van der Waals surface area contributed by atoms with Gasteiger partial charge in [-0.1, -0.05) is 53.4 Å². The molecule has 0 radical (unpaired) electrons. The van der Waals surface area contributed by atoms with Gasteiger partial charge in [-0.25, -0.2) is 0 Å². The number of nitrogens with one attached hydrogen (secondary N) is 4. The first-order valence-corrected chi connectivity index (χ1v) is 21.0. The van der Waals surface area contributed by atoms with E-state index < -0.39 is 0 Å². The van der Waals surface area contributed by atoms with Crippen molar-refractivity contribution >= 4 is 11.9 Å². The first-order chi connectivity index (χ1) is 23.7. The van der Waals surface area contributed by atoms with E-state index in [4.69, 9.17) is 15.0 Å². The SMILES string of the molecule is CCC(C)(NC)N(CCCCCCCCN(c1nc(C)nc(NC(C)(C)CC(C)(C)C)n1)C1CC(C)(C)NC(C)(C)C1)C1CC(C)(C)NC(C)(C)C1. The highest BCUT2D eigenvalue weighted by Gasteiger charge is 2.44. The molecule has 0 saturated carbocycles. The lowest BCUT2D eigenvalue weighted by molar-refractivity contribution is -0.0195. The average Bonchev–Trinajstić information content (AvgIpc) is 2.92. The van der Waals surface area contributed by atoms with Crippen molar-refractivity contribution in [3.8, 4) is 0 Å². The molecule has 1 atom stereocenters. The molecule has 2 fully saturated rings. The van der Waals surface area contributed by atoms with Gasteiger partial charge in [-0.15, -0.1) is 0 Å². The highest BCUT2D eigenvalue weighted by Crippen LogP contribution is 2.36. The van der Waals surface area contributed by atoms with Gasteiger partial charge in [-0.3, -0.25) is 4.90 Å². The third kappa shape index (κ3) is 13.9. The van der Waals surface area contributed by atoms with E-state index in [1.165, 1.54) is 44.9 Å². The summed E-state index contributed by atoms with van der Waals surface area (Å²) in [7, 11) is 2.15. The molecule has 0 aromatic carbocycles. The van der Waals surface area contributed by atoms with E-state index in [2.05, 4.69) is 142 Å². The van der Waals surface area contributed by atoms with Crippen molar-refractivity contribution in [1.29, 1.82) is 0 Å². The molecule has 4 N–H and O–H groups in total. The number of aryl methyl sites for hydroxylation is 1. The van der Waals surface area contributed by atoms with Crippen LogP contribution >= 0.6 is 0 Å². The van der Waals surface area contributed by atoms with Crippen molar-refractivity contribution in [2.45, 2.75) is 233 Å². The topological polar surface area (TPSA) is 93.3 Å². The lowest BCUT2D eigenvalue weighted by Gasteiger charge is -2.54. The molecule has 1 aromatic rings. The Morgan fingerprint density at radius 3 is 1.60 bits per heavy atom. The van der Waals surface area contributed by atoms with Crippen LogP contribution in [0.25, 0.3) is 0 Å². The van der Waals surface area contributed by atoms with Crippen LogP contribution in [0.5, 0.6) is 0 Å². The molecule has 52 heavy (non-hydrogen) atoms. The normalized spacial score (nSPS) is 22.0. The zero-order valence-corrected chi connectivity index (χ0v) is 37.3. The number of hydrogen-bond donors (Lipinski definition) is 4. The Morgan fingerprint density at radius 2 is 1.13 bits per heavy atom. The maximum atomic E-state index is 5.12. The minimum atomic E-state index is -0.132.